The van der Waals surface area contributed by atoms with Gasteiger partial charge < -0.3 is 14.6 Å². The number of hydrogen-bond acceptors (Lipinski definition) is 7. The lowest BCUT2D eigenvalue weighted by atomic mass is 10.0. The van der Waals surface area contributed by atoms with Gasteiger partial charge >= 0.3 is 6.09 Å². The Kier molecular flexibility index (Phi) is 9.62. The molecule has 36 heavy (non-hydrogen) atoms. The molecule has 0 radical (unpaired) electrons. The lowest BCUT2D eigenvalue weighted by molar-refractivity contribution is -0.124. The molecule has 3 rings (SSSR count). The molecule has 0 aromatic heterocycles. The van der Waals surface area contributed by atoms with Crippen molar-refractivity contribution in [2.45, 2.75) is 12.2 Å². The molecule has 0 fully saturated rings. The molecule has 0 saturated heterocycles. The van der Waals surface area contributed by atoms with Crippen molar-refractivity contribution in [3.05, 3.63) is 105 Å². The summed E-state index contributed by atoms with van der Waals surface area (Å²) in [5.41, 5.74) is 1.80. The van der Waals surface area contributed by atoms with E-state index in [2.05, 4.69) is 37.2 Å². The molecule has 9 nitrogen and oxygen atoms in total. The van der Waals surface area contributed by atoms with E-state index in [9.17, 15) is 19.5 Å². The molecule has 0 aliphatic heterocycles. The smallest absolute Gasteiger partial charge is 0.414 e. The highest BCUT2D eigenvalue weighted by Gasteiger charge is 2.31. The van der Waals surface area contributed by atoms with E-state index >= 15 is 0 Å². The van der Waals surface area contributed by atoms with E-state index in [1.165, 1.54) is 29.8 Å². The number of rotatable bonds is 8. The molecule has 3 aromatic carbocycles. The number of imide groups is 1. The van der Waals surface area contributed by atoms with Crippen molar-refractivity contribution in [3.63, 3.8) is 0 Å². The molecule has 0 aliphatic carbocycles. The summed E-state index contributed by atoms with van der Waals surface area (Å²) in [6.07, 6.45) is -1.45. The highest BCUT2D eigenvalue weighted by atomic mass is 79.9. The van der Waals surface area contributed by atoms with E-state index in [0.717, 1.165) is 6.08 Å². The van der Waals surface area contributed by atoms with Gasteiger partial charge in [-0.2, -0.15) is 0 Å². The number of halogens is 2. The summed E-state index contributed by atoms with van der Waals surface area (Å²) in [6.45, 7) is 0. The maximum absolute atomic E-state index is 12.8. The Labute approximate surface area is 222 Å². The van der Waals surface area contributed by atoms with Crippen LogP contribution in [0.5, 0.6) is 11.5 Å². The van der Waals surface area contributed by atoms with E-state index in [0.29, 0.717) is 10.2 Å². The van der Waals surface area contributed by atoms with Gasteiger partial charge in [0.1, 0.15) is 11.5 Å². The van der Waals surface area contributed by atoms with Gasteiger partial charge in [-0.25, -0.2) is 10.3 Å². The van der Waals surface area contributed by atoms with Crippen molar-refractivity contribution in [2.24, 2.45) is 0 Å². The second-order valence-electron chi connectivity index (χ2n) is 7.20. The minimum absolute atomic E-state index is 0.105. The lowest BCUT2D eigenvalue weighted by Gasteiger charge is -2.27. The van der Waals surface area contributed by atoms with E-state index < -0.39 is 30.1 Å². The van der Waals surface area contributed by atoms with Gasteiger partial charge in [0.05, 0.1) is 4.47 Å². The number of hydroxylamine groups is 1. The van der Waals surface area contributed by atoms with Crippen LogP contribution in [-0.2, 0) is 9.53 Å². The van der Waals surface area contributed by atoms with Crippen LogP contribution in [0.25, 0.3) is 0 Å². The minimum Gasteiger partial charge on any atom is -0.506 e. The summed E-state index contributed by atoms with van der Waals surface area (Å²) >= 11 is 6.58. The van der Waals surface area contributed by atoms with Gasteiger partial charge in [0, 0.05) is 21.7 Å². The van der Waals surface area contributed by atoms with Crippen molar-refractivity contribution >= 4 is 49.8 Å². The molecule has 0 saturated carbocycles. The van der Waals surface area contributed by atoms with Crippen molar-refractivity contribution < 1.29 is 34.2 Å². The van der Waals surface area contributed by atoms with Crippen LogP contribution in [0.1, 0.15) is 22.0 Å². The number of benzene rings is 3. The summed E-state index contributed by atoms with van der Waals surface area (Å²) < 4.78 is 12.4. The molecule has 0 bridgehead atoms. The zero-order chi connectivity index (χ0) is 26.1. The number of hydrogen-bond donors (Lipinski definition) is 4. The van der Waals surface area contributed by atoms with Gasteiger partial charge in [-0.1, -0.05) is 52.3 Å². The molecule has 3 aromatic rings. The van der Waals surface area contributed by atoms with Gasteiger partial charge in [-0.3, -0.25) is 20.1 Å². The zero-order valence-corrected chi connectivity index (χ0v) is 21.6. The highest BCUT2D eigenvalue weighted by molar-refractivity contribution is 9.11. The van der Waals surface area contributed by atoms with Crippen LogP contribution in [0.15, 0.2) is 93.9 Å². The average Bonchev–Trinajstić information content (AvgIpc) is 2.88. The van der Waals surface area contributed by atoms with Gasteiger partial charge in [0.25, 0.3) is 11.8 Å². The minimum atomic E-state index is -1.36. The van der Waals surface area contributed by atoms with Gasteiger partial charge in [-0.05, 0) is 58.4 Å². The maximum Gasteiger partial charge on any atom is 0.414 e. The quantitative estimate of drug-likeness (QED) is 0.158. The molecular formula is C25H20Br2N2O7. The van der Waals surface area contributed by atoms with Crippen LogP contribution < -0.4 is 15.5 Å². The lowest BCUT2D eigenvalue weighted by Crippen LogP contribution is -2.36. The molecule has 2 atom stereocenters. The first-order valence-corrected chi connectivity index (χ1v) is 12.0. The first-order chi connectivity index (χ1) is 17.3. The normalized spacial score (nSPS) is 12.4. The Morgan fingerprint density at radius 2 is 1.58 bits per heavy atom. The van der Waals surface area contributed by atoms with Crippen molar-refractivity contribution in [2.75, 3.05) is 0 Å². The molecule has 3 amide bonds. The summed E-state index contributed by atoms with van der Waals surface area (Å²) in [4.78, 5) is 36.9. The van der Waals surface area contributed by atoms with Gasteiger partial charge in [0.15, 0.2) is 12.2 Å². The number of ether oxygens (including phenoxy) is 2. The second kappa shape index (κ2) is 12.9. The molecule has 0 unspecified atom stereocenters. The molecule has 0 spiro atoms. The maximum atomic E-state index is 12.8. The molecule has 11 heteroatoms. The second-order valence-corrected chi connectivity index (χ2v) is 8.97. The Bertz CT molecular complexity index is 1250. The number of phenolic OH excluding ortho intramolecular Hbond substituents is 1. The molecule has 0 aliphatic rings. The van der Waals surface area contributed by atoms with E-state index in [1.807, 2.05) is 0 Å². The van der Waals surface area contributed by atoms with E-state index in [1.54, 1.807) is 54.6 Å². The van der Waals surface area contributed by atoms with Gasteiger partial charge in [0.2, 0.25) is 0 Å². The Morgan fingerprint density at radius 3 is 2.22 bits per heavy atom. The fraction of sp³-hybridized carbons (Fsp3) is 0.0800. The number of phenols is 1. The van der Waals surface area contributed by atoms with E-state index in [-0.39, 0.29) is 21.3 Å². The molecule has 0 heterocycles. The van der Waals surface area contributed by atoms with Crippen LogP contribution in [0.4, 0.5) is 4.79 Å². The number of alkyl carbamates (subject to hydrolysis) is 1. The van der Waals surface area contributed by atoms with Crippen molar-refractivity contribution in [3.8, 4) is 11.5 Å². The van der Waals surface area contributed by atoms with Crippen LogP contribution >= 0.6 is 31.9 Å². The number of carbonyl (C=O) groups is 3. The molecule has 186 valence electrons. The number of aromatic hydroxyl groups is 1. The van der Waals surface area contributed by atoms with Crippen molar-refractivity contribution in [1.29, 1.82) is 0 Å². The number of amides is 3. The number of carbonyl (C=O) groups excluding carboxylic acids is 3. The monoisotopic (exact) mass is 618 g/mol. The Hall–Kier alpha value is -3.67. The molecule has 4 N–H and O–H groups in total. The topological polar surface area (TPSA) is 134 Å². The van der Waals surface area contributed by atoms with Crippen LogP contribution in [0.3, 0.4) is 0 Å². The fourth-order valence-corrected chi connectivity index (χ4v) is 4.35. The third kappa shape index (κ3) is 7.41. The Balaban J connectivity index is 2.00. The number of para-hydroxylation sites is 1. The standard InChI is InChI=1S/C25H20Br2N2O7/c26-16-13-18(22(31)19(27)14-16)23(36-25(33)28-24(32)15-7-3-1-4-8-15)20(11-12-21(30)29-34)35-17-9-5-2-6-10-17/h1-14,20,23,31,34H,(H,29,30)(H,28,32,33)/b12-11+/t20-,23-/m1/s1. The highest BCUT2D eigenvalue weighted by Crippen LogP contribution is 2.39. The summed E-state index contributed by atoms with van der Waals surface area (Å²) in [5, 5.41) is 21.8. The third-order valence-corrected chi connectivity index (χ3v) is 5.77. The Morgan fingerprint density at radius 1 is 0.944 bits per heavy atom. The number of nitrogens with one attached hydrogen (secondary N) is 2. The van der Waals surface area contributed by atoms with Gasteiger partial charge in [-0.15, -0.1) is 0 Å². The van der Waals surface area contributed by atoms with Crippen LogP contribution in [0, 0.1) is 0 Å². The largest absolute Gasteiger partial charge is 0.506 e. The van der Waals surface area contributed by atoms with E-state index in [4.69, 9.17) is 14.7 Å². The summed E-state index contributed by atoms with van der Waals surface area (Å²) in [6, 6.07) is 19.6. The van der Waals surface area contributed by atoms with Crippen LogP contribution in [0.2, 0.25) is 0 Å². The van der Waals surface area contributed by atoms with Crippen LogP contribution in [-0.4, -0.2) is 34.3 Å². The third-order valence-electron chi connectivity index (χ3n) is 4.71. The summed E-state index contributed by atoms with van der Waals surface area (Å²) in [5.74, 6) is -1.46. The average molecular weight is 620 g/mol. The SMILES string of the molecule is O=C(/C=C/[C@@H](Oc1ccccc1)[C@H](OC(=O)NC(=O)c1ccccc1)c1cc(Br)cc(Br)c1O)NO. The predicted octanol–water partition coefficient (Wildman–Crippen LogP) is 5.03. The first-order valence-electron chi connectivity index (χ1n) is 10.4. The fourth-order valence-electron chi connectivity index (χ4n) is 3.09. The first kappa shape index (κ1) is 26.9. The zero-order valence-electron chi connectivity index (χ0n) is 18.4. The van der Waals surface area contributed by atoms with Crippen molar-refractivity contribution in [1.82, 2.24) is 10.8 Å². The summed E-state index contributed by atoms with van der Waals surface area (Å²) in [7, 11) is 0. The predicted molar refractivity (Wildman–Crippen MR) is 137 cm³/mol. The molecular weight excluding hydrogens is 600 g/mol.